The Morgan fingerprint density at radius 3 is 0.917 bits per heavy atom. The Morgan fingerprint density at radius 1 is 0.917 bits per heavy atom. The molecule has 0 saturated heterocycles. The maximum atomic E-state index is 4.89. The molecule has 0 aliphatic carbocycles. The van der Waals surface area contributed by atoms with E-state index in [1.54, 1.807) is 0 Å². The van der Waals surface area contributed by atoms with Crippen LogP contribution < -0.4 is 0 Å². The summed E-state index contributed by atoms with van der Waals surface area (Å²) in [6.45, 7) is 0. The molecule has 0 aromatic carbocycles. The second kappa shape index (κ2) is 47.7. The van der Waals surface area contributed by atoms with Crippen molar-refractivity contribution < 1.29 is 52.3 Å². The molecule has 0 unspecified atom stereocenters. The monoisotopic (exact) mass is 431 g/mol. The molecule has 0 rings (SSSR count). The molecular weight excluding hydrogens is 424 g/mol. The fourth-order valence-corrected chi connectivity index (χ4v) is 0. The molecule has 0 saturated carbocycles. The van der Waals surface area contributed by atoms with Crippen molar-refractivity contribution in [2.75, 3.05) is 0 Å². The van der Waals surface area contributed by atoms with E-state index >= 15 is 0 Å². The molecule has 2 nitrogen and oxygen atoms in total. The van der Waals surface area contributed by atoms with Crippen LogP contribution in [0.25, 0.3) is 0 Å². The molecule has 0 bridgehead atoms. The van der Waals surface area contributed by atoms with E-state index in [2.05, 4.69) is 0 Å². The molecule has 0 fully saturated rings. The molecule has 91 valence electrons. The first kappa shape index (κ1) is 45.6. The minimum Gasteiger partial charge on any atom is 0 e. The molecule has 0 atom stereocenters. The second-order valence-electron chi connectivity index (χ2n) is 0.202. The van der Waals surface area contributed by atoms with E-state index in [0.29, 0.717) is 0 Å². The molecule has 4 N–H and O–H groups in total. The Balaban J connectivity index is -0.00000000597. The van der Waals surface area contributed by atoms with Crippen molar-refractivity contribution in [3.05, 3.63) is 0 Å². The fraction of sp³-hybridized carbons (Fsp3) is 1.00. The standard InChI is InChI=1S/CH4.6ClH.3Fe.2H2O/h1H4;6*1H;;;;2*1H2/q;;;;;;;;+2;+3;;/p-5. The first-order chi connectivity index (χ1) is 3.15. The summed E-state index contributed by atoms with van der Waals surface area (Å²) in [7, 11) is 24.2. The maximum absolute atomic E-state index is 4.89. The molecule has 0 aromatic rings. The van der Waals surface area contributed by atoms with Gasteiger partial charge in [-0.15, -0.1) is 12.4 Å². The quantitative estimate of drug-likeness (QED) is 0.528. The van der Waals surface area contributed by atoms with Crippen molar-refractivity contribution in [1.82, 2.24) is 0 Å². The van der Waals surface area contributed by atoms with Gasteiger partial charge in [0.15, 0.2) is 0 Å². The van der Waals surface area contributed by atoms with Crippen molar-refractivity contribution in [3.8, 4) is 0 Å². The molecule has 0 amide bonds. The summed E-state index contributed by atoms with van der Waals surface area (Å²) in [5.41, 5.74) is 0. The van der Waals surface area contributed by atoms with Crippen LogP contribution in [0, 0.1) is 0 Å². The molecule has 0 radical (unpaired) electrons. The summed E-state index contributed by atoms with van der Waals surface area (Å²) in [5, 5.41) is 0. The Labute approximate surface area is 121 Å². The van der Waals surface area contributed by atoms with Crippen molar-refractivity contribution in [2.24, 2.45) is 0 Å². The zero-order chi connectivity index (χ0) is 6.28. The summed E-state index contributed by atoms with van der Waals surface area (Å²) in [4.78, 5) is 0. The molecule has 0 aliphatic rings. The fourth-order valence-electron chi connectivity index (χ4n) is 0. The third-order valence-electron chi connectivity index (χ3n) is 0. The van der Waals surface area contributed by atoms with Gasteiger partial charge in [-0.1, -0.05) is 7.43 Å². The van der Waals surface area contributed by atoms with Crippen LogP contribution in [0.5, 0.6) is 0 Å². The third-order valence-corrected chi connectivity index (χ3v) is 0. The van der Waals surface area contributed by atoms with Crippen molar-refractivity contribution >= 4 is 62.9 Å². The van der Waals surface area contributed by atoms with Gasteiger partial charge in [0.05, 0.1) is 0 Å². The Morgan fingerprint density at radius 2 is 0.917 bits per heavy atom. The predicted molar refractivity (Wildman–Crippen MR) is 50.5 cm³/mol. The predicted octanol–water partition coefficient (Wildman–Crippen LogP) is 2.85. The maximum Gasteiger partial charge on any atom is 0 e. The molecule has 0 aromatic heterocycles. The van der Waals surface area contributed by atoms with E-state index in [4.69, 9.17) is 50.5 Å². The summed E-state index contributed by atoms with van der Waals surface area (Å²) < 4.78 is 0. The van der Waals surface area contributed by atoms with Crippen LogP contribution in [0.15, 0.2) is 0 Å². The summed E-state index contributed by atoms with van der Waals surface area (Å²) in [6, 6.07) is 0. The Kier molecular flexibility index (Phi) is 181. The van der Waals surface area contributed by atoms with E-state index in [-0.39, 0.29) is 61.0 Å². The van der Waals surface area contributed by atoms with Crippen LogP contribution in [0.2, 0.25) is 0 Å². The van der Waals surface area contributed by atoms with Gasteiger partial charge in [-0.05, 0) is 0 Å². The molecule has 0 heterocycles. The van der Waals surface area contributed by atoms with E-state index in [9.17, 15) is 0 Å². The van der Waals surface area contributed by atoms with Crippen LogP contribution in [0.4, 0.5) is 0 Å². The first-order valence-electron chi connectivity index (χ1n) is 0.668. The number of hydrogen-bond donors (Lipinski definition) is 0. The summed E-state index contributed by atoms with van der Waals surface area (Å²) in [6.07, 6.45) is 0. The van der Waals surface area contributed by atoms with Gasteiger partial charge in [-0.25, -0.2) is 0 Å². The van der Waals surface area contributed by atoms with Gasteiger partial charge in [0.25, 0.3) is 0 Å². The van der Waals surface area contributed by atoms with Crippen molar-refractivity contribution in [3.63, 3.8) is 0 Å². The summed E-state index contributed by atoms with van der Waals surface area (Å²) in [5.74, 6) is 0. The van der Waals surface area contributed by atoms with Gasteiger partial charge >= 0.3 is 74.8 Å². The van der Waals surface area contributed by atoms with Crippen molar-refractivity contribution in [2.45, 2.75) is 7.43 Å². The second-order valence-corrected chi connectivity index (χ2v) is 7.50. The smallest absolute Gasteiger partial charge is 0 e. The topological polar surface area (TPSA) is 63.0 Å². The largest absolute Gasteiger partial charge is 0 e. The zero-order valence-electron chi connectivity index (χ0n) is 4.36. The number of hydrogen-bond acceptors (Lipinski definition) is 0. The van der Waals surface area contributed by atoms with Crippen molar-refractivity contribution in [1.29, 1.82) is 0 Å². The summed E-state index contributed by atoms with van der Waals surface area (Å²) >= 11 is -1.14. The number of rotatable bonds is 0. The average molecular weight is 433 g/mol. The van der Waals surface area contributed by atoms with Crippen LogP contribution in [-0.2, 0) is 41.4 Å². The van der Waals surface area contributed by atoms with E-state index in [0.717, 1.165) is 0 Å². The Bertz CT molecular complexity index is 32.0. The first-order valence-corrected chi connectivity index (χ1v) is 8.26. The van der Waals surface area contributed by atoms with Gasteiger partial charge in [-0.2, -0.15) is 0 Å². The van der Waals surface area contributed by atoms with Gasteiger partial charge in [0.1, 0.15) is 0 Å². The van der Waals surface area contributed by atoms with Gasteiger partial charge < -0.3 is 11.0 Å². The van der Waals surface area contributed by atoms with Crippen LogP contribution >= 0.6 is 62.9 Å². The molecule has 12 heavy (non-hydrogen) atoms. The van der Waals surface area contributed by atoms with Crippen LogP contribution in [-0.4, -0.2) is 11.0 Å². The minimum absolute atomic E-state index is 0. The molecule has 11 heteroatoms. The molecule has 0 spiro atoms. The molecule has 0 aliphatic heterocycles. The van der Waals surface area contributed by atoms with E-state index in [1.807, 2.05) is 0 Å². The van der Waals surface area contributed by atoms with Gasteiger partial charge in [0, 0.05) is 17.1 Å². The van der Waals surface area contributed by atoms with Gasteiger partial charge in [-0.3, -0.25) is 0 Å². The minimum atomic E-state index is -1.33. The van der Waals surface area contributed by atoms with Gasteiger partial charge in [0.2, 0.25) is 0 Å². The SMILES string of the molecule is C.Cl.O.O.[Cl][Fe]([Cl])[Cl].[Cl][Fe][Cl].[Fe]. The third kappa shape index (κ3) is 191. The normalized spacial score (nSPS) is 5.58. The van der Waals surface area contributed by atoms with E-state index < -0.39 is 11.2 Å². The van der Waals surface area contributed by atoms with Crippen LogP contribution in [0.3, 0.4) is 0 Å². The van der Waals surface area contributed by atoms with E-state index in [1.165, 1.54) is 0 Å². The zero-order valence-corrected chi connectivity index (χ0v) is 12.3. The van der Waals surface area contributed by atoms with Crippen LogP contribution in [0.1, 0.15) is 7.43 Å². The number of halogens is 6. The average Bonchev–Trinajstić information content (AvgIpc) is 1.33. The molecular formula is CH9Cl6Fe3O2. The Hall–Kier alpha value is 3.22.